The zero-order valence-electron chi connectivity index (χ0n) is 13.8. The average Bonchev–Trinajstić information content (AvgIpc) is 2.82. The number of rotatable bonds is 3. The minimum Gasteiger partial charge on any atom is -0.365 e. The van der Waals surface area contributed by atoms with Crippen LogP contribution < -0.4 is 5.73 Å². The minimum atomic E-state index is -0.546. The molecule has 0 aliphatic carbocycles. The standard InChI is InChI=1S/C19H18FN3O/c1-11-6-4-5-7-14(11)16-10-13(20)8-9-15(16)18-17(19(21)24)12(2)22-23(18)3/h4-10H,1-3H3,(H2,21,24). The van der Waals surface area contributed by atoms with Gasteiger partial charge < -0.3 is 5.73 Å². The van der Waals surface area contributed by atoms with E-state index >= 15 is 0 Å². The first-order chi connectivity index (χ1) is 11.4. The smallest absolute Gasteiger partial charge is 0.252 e. The summed E-state index contributed by atoms with van der Waals surface area (Å²) in [7, 11) is 1.75. The van der Waals surface area contributed by atoms with E-state index in [4.69, 9.17) is 5.73 Å². The lowest BCUT2D eigenvalue weighted by atomic mass is 9.92. The number of hydrogen-bond donors (Lipinski definition) is 1. The molecule has 3 rings (SSSR count). The van der Waals surface area contributed by atoms with E-state index in [1.807, 2.05) is 31.2 Å². The molecule has 24 heavy (non-hydrogen) atoms. The minimum absolute atomic E-state index is 0.337. The van der Waals surface area contributed by atoms with Crippen LogP contribution in [0.25, 0.3) is 22.4 Å². The summed E-state index contributed by atoms with van der Waals surface area (Å²) in [5, 5.41) is 4.31. The van der Waals surface area contributed by atoms with Gasteiger partial charge in [0.25, 0.3) is 5.91 Å². The first kappa shape index (κ1) is 15.9. The molecule has 1 aromatic heterocycles. The third-order valence-electron chi connectivity index (χ3n) is 4.14. The predicted octanol–water partition coefficient (Wildman–Crippen LogP) is 3.61. The molecule has 0 saturated carbocycles. The number of aryl methyl sites for hydroxylation is 3. The van der Waals surface area contributed by atoms with Crippen LogP contribution in [0.1, 0.15) is 21.6 Å². The number of amides is 1. The molecule has 0 saturated heterocycles. The van der Waals surface area contributed by atoms with Crippen LogP contribution in [0.5, 0.6) is 0 Å². The van der Waals surface area contributed by atoms with Crippen molar-refractivity contribution in [2.75, 3.05) is 0 Å². The highest BCUT2D eigenvalue weighted by atomic mass is 19.1. The SMILES string of the molecule is Cc1ccccc1-c1cc(F)ccc1-c1c(C(N)=O)c(C)nn1C. The van der Waals surface area contributed by atoms with Gasteiger partial charge >= 0.3 is 0 Å². The van der Waals surface area contributed by atoms with E-state index < -0.39 is 5.91 Å². The van der Waals surface area contributed by atoms with Crippen LogP contribution in [0.3, 0.4) is 0 Å². The first-order valence-corrected chi connectivity index (χ1v) is 7.59. The van der Waals surface area contributed by atoms with Crippen molar-refractivity contribution in [3.05, 3.63) is 65.1 Å². The molecule has 2 aromatic carbocycles. The number of benzene rings is 2. The topological polar surface area (TPSA) is 60.9 Å². The van der Waals surface area contributed by atoms with Crippen molar-refractivity contribution >= 4 is 5.91 Å². The maximum Gasteiger partial charge on any atom is 0.252 e. The molecule has 5 heteroatoms. The monoisotopic (exact) mass is 323 g/mol. The number of primary amides is 1. The Bertz CT molecular complexity index is 944. The highest BCUT2D eigenvalue weighted by Gasteiger charge is 2.22. The van der Waals surface area contributed by atoms with Crippen LogP contribution in [0.2, 0.25) is 0 Å². The summed E-state index contributed by atoms with van der Waals surface area (Å²) in [6, 6.07) is 12.3. The predicted molar refractivity (Wildman–Crippen MR) is 92.0 cm³/mol. The molecule has 122 valence electrons. The Morgan fingerprint density at radius 2 is 1.79 bits per heavy atom. The number of carbonyl (C=O) groups excluding carboxylic acids is 1. The van der Waals surface area contributed by atoms with Crippen molar-refractivity contribution in [3.8, 4) is 22.4 Å². The number of nitrogens with two attached hydrogens (primary N) is 1. The largest absolute Gasteiger partial charge is 0.365 e. The van der Waals surface area contributed by atoms with E-state index in [-0.39, 0.29) is 5.82 Å². The Morgan fingerprint density at radius 1 is 1.08 bits per heavy atom. The van der Waals surface area contributed by atoms with Crippen molar-refractivity contribution in [3.63, 3.8) is 0 Å². The molecule has 0 atom stereocenters. The molecule has 1 amide bonds. The Labute approximate surface area is 139 Å². The molecular weight excluding hydrogens is 305 g/mol. The fraction of sp³-hybridized carbons (Fsp3) is 0.158. The number of hydrogen-bond acceptors (Lipinski definition) is 2. The summed E-state index contributed by atoms with van der Waals surface area (Å²) >= 11 is 0. The lowest BCUT2D eigenvalue weighted by Gasteiger charge is -2.14. The van der Waals surface area contributed by atoms with Gasteiger partial charge in [-0.05, 0) is 48.7 Å². The van der Waals surface area contributed by atoms with Gasteiger partial charge in [0, 0.05) is 12.6 Å². The van der Waals surface area contributed by atoms with Gasteiger partial charge in [-0.15, -0.1) is 0 Å². The fourth-order valence-electron chi connectivity index (χ4n) is 3.08. The molecule has 3 aromatic rings. The molecule has 0 radical (unpaired) electrons. The number of carbonyl (C=O) groups is 1. The van der Waals surface area contributed by atoms with E-state index in [9.17, 15) is 9.18 Å². The third-order valence-corrected chi connectivity index (χ3v) is 4.14. The molecule has 4 nitrogen and oxygen atoms in total. The van der Waals surface area contributed by atoms with Crippen molar-refractivity contribution < 1.29 is 9.18 Å². The number of aromatic nitrogens is 2. The van der Waals surface area contributed by atoms with E-state index in [1.54, 1.807) is 24.7 Å². The Kier molecular flexibility index (Phi) is 3.93. The van der Waals surface area contributed by atoms with Crippen LogP contribution >= 0.6 is 0 Å². The average molecular weight is 323 g/mol. The van der Waals surface area contributed by atoms with E-state index in [0.29, 0.717) is 22.5 Å². The molecule has 0 bridgehead atoms. The van der Waals surface area contributed by atoms with Crippen molar-refractivity contribution in [1.82, 2.24) is 9.78 Å². The van der Waals surface area contributed by atoms with Crippen molar-refractivity contribution in [2.24, 2.45) is 12.8 Å². The van der Waals surface area contributed by atoms with Crippen LogP contribution in [0.15, 0.2) is 42.5 Å². The highest BCUT2D eigenvalue weighted by Crippen LogP contribution is 2.36. The van der Waals surface area contributed by atoms with Crippen molar-refractivity contribution in [2.45, 2.75) is 13.8 Å². The quantitative estimate of drug-likeness (QED) is 0.800. The summed E-state index contributed by atoms with van der Waals surface area (Å²) in [6.07, 6.45) is 0. The molecule has 1 heterocycles. The Hall–Kier alpha value is -2.95. The van der Waals surface area contributed by atoms with E-state index in [2.05, 4.69) is 5.10 Å². The zero-order chi connectivity index (χ0) is 17.4. The second-order valence-electron chi connectivity index (χ2n) is 5.80. The first-order valence-electron chi connectivity index (χ1n) is 7.59. The van der Waals surface area contributed by atoms with Gasteiger partial charge in [-0.25, -0.2) is 4.39 Å². The maximum absolute atomic E-state index is 13.9. The van der Waals surface area contributed by atoms with Gasteiger partial charge in [-0.2, -0.15) is 5.10 Å². The lowest BCUT2D eigenvalue weighted by molar-refractivity contribution is 0.100. The molecule has 0 aliphatic rings. The normalized spacial score (nSPS) is 10.8. The Morgan fingerprint density at radius 3 is 2.46 bits per heavy atom. The maximum atomic E-state index is 13.9. The third kappa shape index (κ3) is 2.58. The molecular formula is C19H18FN3O. The van der Waals surface area contributed by atoms with Gasteiger partial charge in [0.15, 0.2) is 0 Å². The summed E-state index contributed by atoms with van der Waals surface area (Å²) in [5.74, 6) is -0.882. The van der Waals surface area contributed by atoms with Gasteiger partial charge in [-0.3, -0.25) is 9.48 Å². The molecule has 0 aliphatic heterocycles. The zero-order valence-corrected chi connectivity index (χ0v) is 13.8. The molecule has 2 N–H and O–H groups in total. The molecule has 0 fully saturated rings. The summed E-state index contributed by atoms with van der Waals surface area (Å²) in [5.41, 5.74) is 10.4. The second-order valence-corrected chi connectivity index (χ2v) is 5.80. The van der Waals surface area contributed by atoms with Crippen LogP contribution in [0.4, 0.5) is 4.39 Å². The van der Waals surface area contributed by atoms with Gasteiger partial charge in [0.2, 0.25) is 0 Å². The van der Waals surface area contributed by atoms with Crippen molar-refractivity contribution in [1.29, 1.82) is 0 Å². The Balaban J connectivity index is 2.36. The fourth-order valence-corrected chi connectivity index (χ4v) is 3.08. The van der Waals surface area contributed by atoms with Gasteiger partial charge in [0.05, 0.1) is 17.0 Å². The van der Waals surface area contributed by atoms with E-state index in [1.165, 1.54) is 12.1 Å². The lowest BCUT2D eigenvalue weighted by Crippen LogP contribution is -2.13. The summed E-state index contributed by atoms with van der Waals surface area (Å²) in [4.78, 5) is 11.9. The second kappa shape index (κ2) is 5.92. The van der Waals surface area contributed by atoms with Crippen LogP contribution in [0, 0.1) is 19.7 Å². The van der Waals surface area contributed by atoms with Gasteiger partial charge in [0.1, 0.15) is 5.82 Å². The summed E-state index contributed by atoms with van der Waals surface area (Å²) < 4.78 is 15.5. The van der Waals surface area contributed by atoms with Crippen LogP contribution in [-0.4, -0.2) is 15.7 Å². The highest BCUT2D eigenvalue weighted by molar-refractivity contribution is 6.02. The molecule has 0 spiro atoms. The number of halogens is 1. The van der Waals surface area contributed by atoms with E-state index in [0.717, 1.165) is 16.7 Å². The van der Waals surface area contributed by atoms with Crippen LogP contribution in [-0.2, 0) is 7.05 Å². The van der Waals surface area contributed by atoms with Gasteiger partial charge in [-0.1, -0.05) is 24.3 Å². The molecule has 0 unspecified atom stereocenters. The number of nitrogens with zero attached hydrogens (tertiary/aromatic N) is 2. The summed E-state index contributed by atoms with van der Waals surface area (Å²) in [6.45, 7) is 3.70.